The third kappa shape index (κ3) is 2.85. The molecule has 3 heteroatoms. The van der Waals surface area contributed by atoms with Gasteiger partial charge in [-0.05, 0) is 18.1 Å². The fraction of sp³-hybridized carbons (Fsp3) is 0.364. The third-order valence-corrected chi connectivity index (χ3v) is 2.86. The van der Waals surface area contributed by atoms with Crippen molar-refractivity contribution in [1.82, 2.24) is 0 Å². The van der Waals surface area contributed by atoms with Crippen molar-refractivity contribution in [2.24, 2.45) is 0 Å². The van der Waals surface area contributed by atoms with Crippen LogP contribution in [0.25, 0.3) is 0 Å². The van der Waals surface area contributed by atoms with Crippen molar-refractivity contribution in [3.05, 3.63) is 29.3 Å². The van der Waals surface area contributed by atoms with Gasteiger partial charge in [0.15, 0.2) is 5.78 Å². The lowest BCUT2D eigenvalue weighted by atomic mass is 10.1. The highest BCUT2D eigenvalue weighted by molar-refractivity contribution is 9.09. The van der Waals surface area contributed by atoms with Crippen LogP contribution in [0.15, 0.2) is 23.1 Å². The van der Waals surface area contributed by atoms with Gasteiger partial charge in [0.25, 0.3) is 0 Å². The number of Topliss-reactive ketones (excluding diaryl/α,β-unsaturated/α-hetero) is 1. The van der Waals surface area contributed by atoms with Gasteiger partial charge in [0.2, 0.25) is 0 Å². The summed E-state index contributed by atoms with van der Waals surface area (Å²) in [5.41, 5.74) is 1.94. The Morgan fingerprint density at radius 2 is 2.21 bits per heavy atom. The number of hydrogen-bond acceptors (Lipinski definition) is 2. The summed E-state index contributed by atoms with van der Waals surface area (Å²) in [5, 5.41) is 0.703. The van der Waals surface area contributed by atoms with Crippen molar-refractivity contribution in [2.45, 2.75) is 24.7 Å². The molecule has 0 aromatic heterocycles. The van der Waals surface area contributed by atoms with Crippen molar-refractivity contribution in [1.29, 1.82) is 0 Å². The predicted octanol–water partition coefficient (Wildman–Crippen LogP) is 3.51. The Bertz CT molecular complexity index is 336. The van der Waals surface area contributed by atoms with Gasteiger partial charge in [-0.3, -0.25) is 4.79 Å². The number of carbonyl (C=O) groups excluding carboxylic acids is 1. The van der Waals surface area contributed by atoms with Crippen molar-refractivity contribution < 1.29 is 4.79 Å². The van der Waals surface area contributed by atoms with Crippen molar-refractivity contribution in [3.63, 3.8) is 0 Å². The number of benzene rings is 1. The molecule has 14 heavy (non-hydrogen) atoms. The van der Waals surface area contributed by atoms with Crippen LogP contribution in [0, 0.1) is 0 Å². The molecule has 0 spiro atoms. The smallest absolute Gasteiger partial charge is 0.164 e. The van der Waals surface area contributed by atoms with Crippen LogP contribution < -0.4 is 0 Å². The second-order valence-electron chi connectivity index (χ2n) is 3.07. The minimum atomic E-state index is 0.148. The highest BCUT2D eigenvalue weighted by Crippen LogP contribution is 2.18. The molecule has 0 N–H and O–H groups in total. The molecule has 1 aromatic rings. The number of rotatable bonds is 4. The molecule has 0 unspecified atom stereocenters. The summed E-state index contributed by atoms with van der Waals surface area (Å²) in [4.78, 5) is 12.4. The average Bonchev–Trinajstić information content (AvgIpc) is 2.17. The SMILES string of the molecule is CCc1ccc(C(=O)CCBr)c(S)c1. The van der Waals surface area contributed by atoms with Crippen molar-refractivity contribution >= 4 is 34.3 Å². The Balaban J connectivity index is 2.94. The zero-order valence-electron chi connectivity index (χ0n) is 8.09. The molecule has 0 atom stereocenters. The molecule has 0 fully saturated rings. The number of carbonyl (C=O) groups is 1. The Hall–Kier alpha value is -0.280. The van der Waals surface area contributed by atoms with E-state index >= 15 is 0 Å². The molecule has 0 aliphatic carbocycles. The first-order valence-electron chi connectivity index (χ1n) is 4.60. The summed E-state index contributed by atoms with van der Waals surface area (Å²) < 4.78 is 0. The van der Waals surface area contributed by atoms with Crippen LogP contribution in [-0.4, -0.2) is 11.1 Å². The standard InChI is InChI=1S/C11H13BrOS/c1-2-8-3-4-9(11(14)7-8)10(13)5-6-12/h3-4,7,14H,2,5-6H2,1H3. The van der Waals surface area contributed by atoms with Crippen LogP contribution in [0.4, 0.5) is 0 Å². The Morgan fingerprint density at radius 3 is 2.71 bits per heavy atom. The van der Waals surface area contributed by atoms with E-state index in [1.165, 1.54) is 5.56 Å². The molecule has 1 rings (SSSR count). The fourth-order valence-corrected chi connectivity index (χ4v) is 1.98. The van der Waals surface area contributed by atoms with Crippen LogP contribution in [-0.2, 0) is 6.42 Å². The van der Waals surface area contributed by atoms with E-state index in [1.54, 1.807) is 0 Å². The van der Waals surface area contributed by atoms with E-state index in [1.807, 2.05) is 18.2 Å². The maximum Gasteiger partial charge on any atom is 0.164 e. The molecule has 76 valence electrons. The molecule has 0 bridgehead atoms. The molecule has 1 nitrogen and oxygen atoms in total. The van der Waals surface area contributed by atoms with Gasteiger partial charge in [0, 0.05) is 22.2 Å². The lowest BCUT2D eigenvalue weighted by Gasteiger charge is -2.04. The van der Waals surface area contributed by atoms with E-state index in [-0.39, 0.29) is 5.78 Å². The second-order valence-corrected chi connectivity index (χ2v) is 4.34. The lowest BCUT2D eigenvalue weighted by molar-refractivity contribution is 0.0987. The van der Waals surface area contributed by atoms with Gasteiger partial charge in [0.1, 0.15) is 0 Å². The van der Waals surface area contributed by atoms with Gasteiger partial charge in [-0.2, -0.15) is 0 Å². The molecule has 0 saturated heterocycles. The predicted molar refractivity (Wildman–Crippen MR) is 65.8 cm³/mol. The number of aryl methyl sites for hydroxylation is 1. The summed E-state index contributed by atoms with van der Waals surface area (Å²) in [5.74, 6) is 0.148. The second kappa shape index (κ2) is 5.56. The first kappa shape index (κ1) is 11.8. The zero-order chi connectivity index (χ0) is 10.6. The molecule has 0 radical (unpaired) electrons. The molecule has 0 heterocycles. The van der Waals surface area contributed by atoms with Gasteiger partial charge in [-0.1, -0.05) is 35.0 Å². The van der Waals surface area contributed by atoms with Gasteiger partial charge in [-0.25, -0.2) is 0 Å². The quantitative estimate of drug-likeness (QED) is 0.504. The van der Waals surface area contributed by atoms with Crippen molar-refractivity contribution in [3.8, 4) is 0 Å². The summed E-state index contributed by atoms with van der Waals surface area (Å²) >= 11 is 7.57. The summed E-state index contributed by atoms with van der Waals surface area (Å²) in [6, 6.07) is 5.82. The maximum atomic E-state index is 11.6. The summed E-state index contributed by atoms with van der Waals surface area (Å²) in [6.45, 7) is 2.09. The molecular formula is C11H13BrOS. The minimum Gasteiger partial charge on any atom is -0.294 e. The summed E-state index contributed by atoms with van der Waals surface area (Å²) in [7, 11) is 0. The minimum absolute atomic E-state index is 0.148. The number of hydrogen-bond donors (Lipinski definition) is 1. The van der Waals surface area contributed by atoms with E-state index < -0.39 is 0 Å². The summed E-state index contributed by atoms with van der Waals surface area (Å²) in [6.07, 6.45) is 1.50. The molecule has 0 aliphatic rings. The Morgan fingerprint density at radius 1 is 1.50 bits per heavy atom. The van der Waals surface area contributed by atoms with E-state index in [9.17, 15) is 4.79 Å². The Kier molecular flexibility index (Phi) is 4.69. The largest absolute Gasteiger partial charge is 0.294 e. The normalized spacial score (nSPS) is 10.2. The lowest BCUT2D eigenvalue weighted by Crippen LogP contribution is -2.01. The first-order chi connectivity index (χ1) is 6.69. The van der Waals surface area contributed by atoms with Crippen LogP contribution in [0.5, 0.6) is 0 Å². The third-order valence-electron chi connectivity index (χ3n) is 2.09. The topological polar surface area (TPSA) is 17.1 Å². The van der Waals surface area contributed by atoms with E-state index in [2.05, 4.69) is 35.5 Å². The number of ketones is 1. The fourth-order valence-electron chi connectivity index (χ4n) is 1.25. The zero-order valence-corrected chi connectivity index (χ0v) is 10.6. The molecule has 0 amide bonds. The monoisotopic (exact) mass is 272 g/mol. The Labute approximate surface area is 98.4 Å². The highest BCUT2D eigenvalue weighted by atomic mass is 79.9. The first-order valence-corrected chi connectivity index (χ1v) is 6.17. The van der Waals surface area contributed by atoms with Crippen LogP contribution in [0.3, 0.4) is 0 Å². The number of alkyl halides is 1. The van der Waals surface area contributed by atoms with Crippen molar-refractivity contribution in [2.75, 3.05) is 5.33 Å². The molecule has 0 aliphatic heterocycles. The van der Waals surface area contributed by atoms with Gasteiger partial charge < -0.3 is 0 Å². The maximum absolute atomic E-state index is 11.6. The average molecular weight is 273 g/mol. The number of thiol groups is 1. The van der Waals surface area contributed by atoms with E-state index in [0.717, 1.165) is 16.9 Å². The molecule has 0 saturated carbocycles. The molecule has 1 aromatic carbocycles. The molecular weight excluding hydrogens is 260 g/mol. The van der Waals surface area contributed by atoms with Gasteiger partial charge in [-0.15, -0.1) is 12.6 Å². The highest BCUT2D eigenvalue weighted by Gasteiger charge is 2.08. The van der Waals surface area contributed by atoms with Crippen LogP contribution in [0.2, 0.25) is 0 Å². The van der Waals surface area contributed by atoms with Gasteiger partial charge in [0.05, 0.1) is 0 Å². The number of halogens is 1. The van der Waals surface area contributed by atoms with Crippen LogP contribution in [0.1, 0.15) is 29.3 Å². The van der Waals surface area contributed by atoms with Crippen LogP contribution >= 0.6 is 28.6 Å². The van der Waals surface area contributed by atoms with E-state index in [4.69, 9.17) is 0 Å². The van der Waals surface area contributed by atoms with E-state index in [0.29, 0.717) is 11.8 Å². The van der Waals surface area contributed by atoms with Gasteiger partial charge >= 0.3 is 0 Å².